The normalized spacial score (nSPS) is 12.9. The molecule has 4 aromatic rings. The number of rotatable bonds is 9. The average molecular weight is 552 g/mol. The maximum atomic E-state index is 12.6. The molecule has 1 heterocycles. The number of fused-ring (bicyclic) bond motifs is 3. The maximum Gasteiger partial charge on any atom is 0.407 e. The number of alkyl carbamates (subject to hydrolysis) is 1. The van der Waals surface area contributed by atoms with E-state index in [2.05, 4.69) is 5.32 Å². The van der Waals surface area contributed by atoms with Crippen molar-refractivity contribution in [2.75, 3.05) is 6.61 Å². The van der Waals surface area contributed by atoms with Gasteiger partial charge in [-0.1, -0.05) is 71.7 Å². The highest BCUT2D eigenvalue weighted by atomic mass is 35.5. The van der Waals surface area contributed by atoms with Gasteiger partial charge < -0.3 is 24.3 Å². The number of carbonyl (C=O) groups excluding carboxylic acids is 1. The van der Waals surface area contributed by atoms with Gasteiger partial charge in [0.25, 0.3) is 0 Å². The van der Waals surface area contributed by atoms with Crippen molar-refractivity contribution in [3.63, 3.8) is 0 Å². The monoisotopic (exact) mass is 551 g/mol. The summed E-state index contributed by atoms with van der Waals surface area (Å²) < 4.78 is 16.8. The van der Waals surface area contributed by atoms with Gasteiger partial charge in [-0.3, -0.25) is 0 Å². The van der Waals surface area contributed by atoms with Gasteiger partial charge in [0.1, 0.15) is 36.5 Å². The summed E-state index contributed by atoms with van der Waals surface area (Å²) in [5, 5.41) is 12.9. The van der Waals surface area contributed by atoms with Crippen LogP contribution in [-0.4, -0.2) is 29.8 Å². The fourth-order valence-electron chi connectivity index (χ4n) is 4.51. The Labute approximate surface area is 228 Å². The second-order valence-corrected chi connectivity index (χ2v) is 9.61. The molecule has 1 atom stereocenters. The molecule has 9 heteroatoms. The SMILES string of the molecule is O=C(NC(Cc1ccc(COc2ccc(Cl)c(Cl)c2)o1)C(=O)O)OCC1c2ccccc2-c2ccccc21. The molecule has 1 aliphatic rings. The molecule has 2 N–H and O–H groups in total. The number of carboxylic acids is 1. The molecule has 0 fully saturated rings. The lowest BCUT2D eigenvalue weighted by Crippen LogP contribution is -2.42. The molecule has 38 heavy (non-hydrogen) atoms. The molecule has 0 spiro atoms. The van der Waals surface area contributed by atoms with Crippen molar-refractivity contribution in [1.29, 1.82) is 0 Å². The molecule has 0 saturated carbocycles. The number of aliphatic carboxylic acids is 1. The van der Waals surface area contributed by atoms with E-state index in [0.717, 1.165) is 22.3 Å². The van der Waals surface area contributed by atoms with Crippen LogP contribution in [0.4, 0.5) is 4.79 Å². The summed E-state index contributed by atoms with van der Waals surface area (Å²) in [6.45, 7) is 0.193. The molecule has 0 bridgehead atoms. The Morgan fingerprint density at radius 1 is 0.895 bits per heavy atom. The molecule has 0 aliphatic heterocycles. The van der Waals surface area contributed by atoms with Crippen molar-refractivity contribution in [2.24, 2.45) is 0 Å². The second-order valence-electron chi connectivity index (χ2n) is 8.80. The number of hydrogen-bond donors (Lipinski definition) is 2. The van der Waals surface area contributed by atoms with Gasteiger partial charge in [0, 0.05) is 18.4 Å². The average Bonchev–Trinajstić information content (AvgIpc) is 3.50. The third kappa shape index (κ3) is 5.64. The predicted octanol–water partition coefficient (Wildman–Crippen LogP) is 6.70. The molecular weight excluding hydrogens is 529 g/mol. The Morgan fingerprint density at radius 3 is 2.21 bits per heavy atom. The van der Waals surface area contributed by atoms with E-state index in [0.29, 0.717) is 27.3 Å². The van der Waals surface area contributed by atoms with Gasteiger partial charge >= 0.3 is 12.1 Å². The van der Waals surface area contributed by atoms with Gasteiger partial charge in [-0.25, -0.2) is 9.59 Å². The van der Waals surface area contributed by atoms with Crippen LogP contribution >= 0.6 is 23.2 Å². The molecule has 3 aromatic carbocycles. The first-order chi connectivity index (χ1) is 18.4. The van der Waals surface area contributed by atoms with E-state index in [1.807, 2.05) is 48.5 Å². The third-order valence-electron chi connectivity index (χ3n) is 6.33. The first-order valence-corrected chi connectivity index (χ1v) is 12.6. The minimum absolute atomic E-state index is 0.0632. The molecule has 1 amide bonds. The number of furan rings is 1. The standard InChI is InChI=1S/C29H23Cl2NO6/c30-25-12-11-17(13-26(25)31)36-15-19-10-9-18(38-19)14-27(28(33)34)32-29(35)37-16-24-22-7-3-1-5-20(22)21-6-2-4-8-23(21)24/h1-13,24,27H,14-16H2,(H,32,35)(H,33,34). The van der Waals surface area contributed by atoms with Crippen LogP contribution in [0.15, 0.2) is 83.3 Å². The Morgan fingerprint density at radius 2 is 1.55 bits per heavy atom. The van der Waals surface area contributed by atoms with Crippen molar-refractivity contribution in [1.82, 2.24) is 5.32 Å². The summed E-state index contributed by atoms with van der Waals surface area (Å²) in [5.41, 5.74) is 4.36. The quantitative estimate of drug-likeness (QED) is 0.240. The molecule has 1 aromatic heterocycles. The topological polar surface area (TPSA) is 98.0 Å². The van der Waals surface area contributed by atoms with Crippen molar-refractivity contribution in [3.05, 3.63) is 112 Å². The Kier molecular flexibility index (Phi) is 7.58. The Bertz CT molecular complexity index is 1440. The van der Waals surface area contributed by atoms with E-state index >= 15 is 0 Å². The summed E-state index contributed by atoms with van der Waals surface area (Å²) in [6, 6.07) is 22.9. The molecule has 0 radical (unpaired) electrons. The van der Waals surface area contributed by atoms with Gasteiger partial charge in [-0.15, -0.1) is 0 Å². The molecule has 1 aliphatic carbocycles. The van der Waals surface area contributed by atoms with Crippen LogP contribution in [0.3, 0.4) is 0 Å². The molecule has 5 rings (SSSR count). The van der Waals surface area contributed by atoms with E-state index in [9.17, 15) is 14.7 Å². The van der Waals surface area contributed by atoms with Gasteiger partial charge in [0.05, 0.1) is 10.0 Å². The zero-order valence-electron chi connectivity index (χ0n) is 20.0. The highest BCUT2D eigenvalue weighted by Gasteiger charge is 2.30. The van der Waals surface area contributed by atoms with Crippen LogP contribution in [0.2, 0.25) is 10.0 Å². The summed E-state index contributed by atoms with van der Waals surface area (Å²) in [7, 11) is 0. The van der Waals surface area contributed by atoms with Gasteiger partial charge in [-0.2, -0.15) is 0 Å². The summed E-state index contributed by atoms with van der Waals surface area (Å²) in [4.78, 5) is 24.4. The molecule has 1 unspecified atom stereocenters. The van der Waals surface area contributed by atoms with Crippen LogP contribution in [0, 0.1) is 0 Å². The van der Waals surface area contributed by atoms with Crippen molar-refractivity contribution in [3.8, 4) is 16.9 Å². The highest BCUT2D eigenvalue weighted by molar-refractivity contribution is 6.42. The first kappa shape index (κ1) is 25.7. The lowest BCUT2D eigenvalue weighted by atomic mass is 9.98. The van der Waals surface area contributed by atoms with Gasteiger partial charge in [0.15, 0.2) is 0 Å². The number of amides is 1. The number of halogens is 2. The van der Waals surface area contributed by atoms with E-state index < -0.39 is 18.1 Å². The highest BCUT2D eigenvalue weighted by Crippen LogP contribution is 2.44. The van der Waals surface area contributed by atoms with Crippen LogP contribution < -0.4 is 10.1 Å². The Hall–Kier alpha value is -3.94. The van der Waals surface area contributed by atoms with Crippen LogP contribution in [0.25, 0.3) is 11.1 Å². The number of nitrogens with one attached hydrogen (secondary N) is 1. The zero-order chi connectivity index (χ0) is 26.6. The third-order valence-corrected chi connectivity index (χ3v) is 7.07. The molecule has 0 saturated heterocycles. The van der Waals surface area contributed by atoms with Crippen molar-refractivity contribution in [2.45, 2.75) is 25.0 Å². The summed E-state index contributed by atoms with van der Waals surface area (Å²) in [6.07, 6.45) is -0.874. The number of carbonyl (C=O) groups is 2. The van der Waals surface area contributed by atoms with E-state index in [1.165, 1.54) is 0 Å². The van der Waals surface area contributed by atoms with Crippen LogP contribution in [0.5, 0.6) is 5.75 Å². The predicted molar refractivity (Wildman–Crippen MR) is 143 cm³/mol. The first-order valence-electron chi connectivity index (χ1n) is 11.9. The summed E-state index contributed by atoms with van der Waals surface area (Å²) >= 11 is 11.9. The van der Waals surface area contributed by atoms with Crippen molar-refractivity contribution < 1.29 is 28.6 Å². The molecule has 7 nitrogen and oxygen atoms in total. The number of ether oxygens (including phenoxy) is 2. The van der Waals surface area contributed by atoms with Gasteiger partial charge in [-0.05, 0) is 46.5 Å². The number of hydrogen-bond acceptors (Lipinski definition) is 5. The number of benzene rings is 3. The smallest absolute Gasteiger partial charge is 0.407 e. The lowest BCUT2D eigenvalue weighted by molar-refractivity contribution is -0.139. The minimum atomic E-state index is -1.24. The number of carboxylic acid groups (broad SMARTS) is 1. The van der Waals surface area contributed by atoms with Crippen molar-refractivity contribution >= 4 is 35.3 Å². The van der Waals surface area contributed by atoms with Gasteiger partial charge in [0.2, 0.25) is 0 Å². The zero-order valence-corrected chi connectivity index (χ0v) is 21.5. The molecule has 194 valence electrons. The van der Waals surface area contributed by atoms with Crippen LogP contribution in [0.1, 0.15) is 28.6 Å². The minimum Gasteiger partial charge on any atom is -0.486 e. The molecular formula is C29H23Cl2NO6. The lowest BCUT2D eigenvalue weighted by Gasteiger charge is -2.17. The van der Waals surface area contributed by atoms with E-state index in [4.69, 9.17) is 37.1 Å². The van der Waals surface area contributed by atoms with E-state index in [-0.39, 0.29) is 25.6 Å². The second kappa shape index (κ2) is 11.2. The van der Waals surface area contributed by atoms with E-state index in [1.54, 1.807) is 30.3 Å². The van der Waals surface area contributed by atoms with Crippen LogP contribution in [-0.2, 0) is 22.6 Å². The fraction of sp³-hybridized carbons (Fsp3) is 0.172. The Balaban J connectivity index is 1.17. The largest absolute Gasteiger partial charge is 0.486 e. The summed E-state index contributed by atoms with van der Waals surface area (Å²) in [5.74, 6) is 0.0428. The fourth-order valence-corrected chi connectivity index (χ4v) is 4.80. The maximum absolute atomic E-state index is 12.6.